The van der Waals surface area contributed by atoms with Crippen molar-refractivity contribution in [3.05, 3.63) is 83.9 Å². The molecule has 178 valence electrons. The van der Waals surface area contributed by atoms with E-state index in [0.717, 1.165) is 16.3 Å². The first kappa shape index (κ1) is 25.0. The Bertz CT molecular complexity index is 1130. The first-order chi connectivity index (χ1) is 16.4. The van der Waals surface area contributed by atoms with Gasteiger partial charge < -0.3 is 15.4 Å². The predicted octanol–water partition coefficient (Wildman–Crippen LogP) is 4.27. The van der Waals surface area contributed by atoms with Crippen LogP contribution in [-0.4, -0.2) is 36.5 Å². The summed E-state index contributed by atoms with van der Waals surface area (Å²) in [5.74, 6) is -1.43. The number of nitrogens with one attached hydrogen (secondary N) is 2. The summed E-state index contributed by atoms with van der Waals surface area (Å²) in [6.45, 7) is 5.90. The maximum absolute atomic E-state index is 13.2. The van der Waals surface area contributed by atoms with E-state index < -0.39 is 24.0 Å². The fourth-order valence-electron chi connectivity index (χ4n) is 3.70. The zero-order chi connectivity index (χ0) is 24.5. The number of fused-ring (bicyclic) bond motifs is 1. The van der Waals surface area contributed by atoms with Gasteiger partial charge in [-0.1, -0.05) is 81.4 Å². The quantitative estimate of drug-likeness (QED) is 0.443. The first-order valence-corrected chi connectivity index (χ1v) is 11.7. The van der Waals surface area contributed by atoms with Crippen LogP contribution in [0.2, 0.25) is 0 Å². The number of carbonyl (C=O) groups is 3. The van der Waals surface area contributed by atoms with Crippen molar-refractivity contribution in [2.45, 2.75) is 45.7 Å². The van der Waals surface area contributed by atoms with E-state index in [2.05, 4.69) is 10.6 Å². The molecule has 0 radical (unpaired) electrons. The van der Waals surface area contributed by atoms with Crippen molar-refractivity contribution in [2.24, 2.45) is 5.92 Å². The fourth-order valence-corrected chi connectivity index (χ4v) is 3.70. The van der Waals surface area contributed by atoms with Gasteiger partial charge in [0.15, 0.2) is 0 Å². The van der Waals surface area contributed by atoms with Gasteiger partial charge in [0.1, 0.15) is 12.1 Å². The maximum atomic E-state index is 13.2. The zero-order valence-corrected chi connectivity index (χ0v) is 19.9. The van der Waals surface area contributed by atoms with Crippen LogP contribution in [0.15, 0.2) is 72.8 Å². The Hall–Kier alpha value is -3.67. The van der Waals surface area contributed by atoms with Crippen LogP contribution in [0.1, 0.15) is 43.1 Å². The number of amides is 2. The summed E-state index contributed by atoms with van der Waals surface area (Å²) >= 11 is 0. The van der Waals surface area contributed by atoms with E-state index in [1.165, 1.54) is 0 Å². The Morgan fingerprint density at radius 3 is 2.21 bits per heavy atom. The third kappa shape index (κ3) is 6.67. The largest absolute Gasteiger partial charge is 0.464 e. The molecule has 2 amide bonds. The highest BCUT2D eigenvalue weighted by molar-refractivity contribution is 6.01. The summed E-state index contributed by atoms with van der Waals surface area (Å²) in [5.41, 5.74) is 1.38. The van der Waals surface area contributed by atoms with E-state index in [-0.39, 0.29) is 18.4 Å². The highest BCUT2D eigenvalue weighted by atomic mass is 16.5. The van der Waals surface area contributed by atoms with Crippen LogP contribution in [0.5, 0.6) is 0 Å². The van der Waals surface area contributed by atoms with E-state index in [0.29, 0.717) is 18.4 Å². The van der Waals surface area contributed by atoms with Crippen molar-refractivity contribution in [1.29, 1.82) is 0 Å². The number of benzene rings is 3. The number of hydrogen-bond donors (Lipinski definition) is 2. The molecule has 0 aliphatic heterocycles. The van der Waals surface area contributed by atoms with Crippen molar-refractivity contribution < 1.29 is 19.1 Å². The van der Waals surface area contributed by atoms with Crippen molar-refractivity contribution in [1.82, 2.24) is 10.6 Å². The molecular formula is C28H32N2O4. The highest BCUT2D eigenvalue weighted by Crippen LogP contribution is 2.16. The van der Waals surface area contributed by atoms with E-state index in [9.17, 15) is 14.4 Å². The Morgan fingerprint density at radius 1 is 0.853 bits per heavy atom. The van der Waals surface area contributed by atoms with Gasteiger partial charge in [-0.25, -0.2) is 4.79 Å². The Kier molecular flexibility index (Phi) is 8.79. The average Bonchev–Trinajstić information content (AvgIpc) is 2.85. The molecule has 0 heterocycles. The molecule has 34 heavy (non-hydrogen) atoms. The predicted molar refractivity (Wildman–Crippen MR) is 133 cm³/mol. The van der Waals surface area contributed by atoms with Gasteiger partial charge in [0.05, 0.1) is 6.61 Å². The maximum Gasteiger partial charge on any atom is 0.328 e. The third-order valence-electron chi connectivity index (χ3n) is 5.58. The summed E-state index contributed by atoms with van der Waals surface area (Å²) < 4.78 is 5.32. The van der Waals surface area contributed by atoms with Gasteiger partial charge >= 0.3 is 5.97 Å². The van der Waals surface area contributed by atoms with Gasteiger partial charge in [0.2, 0.25) is 5.91 Å². The van der Waals surface area contributed by atoms with Crippen LogP contribution < -0.4 is 10.6 Å². The molecule has 2 N–H and O–H groups in total. The van der Waals surface area contributed by atoms with Gasteiger partial charge in [0.25, 0.3) is 5.91 Å². The standard InChI is InChI=1S/C28H32N2O4/c1-4-16-34-28(33)24(17-20-10-6-5-7-11-20)29-27(32)25(19(2)3)30-26(31)23-15-14-21-12-8-9-13-22(21)18-23/h5-15,18-19,24-25H,4,16-17H2,1-3H3,(H,29,32)(H,30,31). The molecule has 0 saturated carbocycles. The van der Waals surface area contributed by atoms with E-state index in [1.54, 1.807) is 12.1 Å². The van der Waals surface area contributed by atoms with Crippen LogP contribution in [0.25, 0.3) is 10.8 Å². The molecule has 3 aromatic carbocycles. The summed E-state index contributed by atoms with van der Waals surface area (Å²) in [6, 6.07) is 21.0. The van der Waals surface area contributed by atoms with Gasteiger partial charge in [-0.05, 0) is 40.8 Å². The first-order valence-electron chi connectivity index (χ1n) is 11.7. The summed E-state index contributed by atoms with van der Waals surface area (Å²) in [6.07, 6.45) is 0.993. The minimum atomic E-state index is -0.847. The molecule has 2 atom stereocenters. The molecule has 0 spiro atoms. The van der Waals surface area contributed by atoms with Crippen LogP contribution in [-0.2, 0) is 20.7 Å². The van der Waals surface area contributed by atoms with Crippen LogP contribution in [0.4, 0.5) is 0 Å². The highest BCUT2D eigenvalue weighted by Gasteiger charge is 2.30. The number of rotatable bonds is 10. The number of ether oxygens (including phenoxy) is 1. The molecule has 2 unspecified atom stereocenters. The van der Waals surface area contributed by atoms with Crippen molar-refractivity contribution in [3.63, 3.8) is 0 Å². The van der Waals surface area contributed by atoms with Gasteiger partial charge in [-0.2, -0.15) is 0 Å². The molecular weight excluding hydrogens is 428 g/mol. The average molecular weight is 461 g/mol. The van der Waals surface area contributed by atoms with Crippen molar-refractivity contribution in [3.8, 4) is 0 Å². The molecule has 6 heteroatoms. The van der Waals surface area contributed by atoms with Crippen LogP contribution >= 0.6 is 0 Å². The van der Waals surface area contributed by atoms with E-state index in [1.807, 2.05) is 81.4 Å². The lowest BCUT2D eigenvalue weighted by Gasteiger charge is -2.25. The van der Waals surface area contributed by atoms with Crippen molar-refractivity contribution >= 4 is 28.6 Å². The smallest absolute Gasteiger partial charge is 0.328 e. The second-order valence-electron chi connectivity index (χ2n) is 8.68. The Balaban J connectivity index is 1.74. The lowest BCUT2D eigenvalue weighted by atomic mass is 10.0. The molecule has 3 aromatic rings. The summed E-state index contributed by atoms with van der Waals surface area (Å²) in [5, 5.41) is 7.64. The third-order valence-corrected chi connectivity index (χ3v) is 5.58. The minimum Gasteiger partial charge on any atom is -0.464 e. The molecule has 0 aliphatic rings. The topological polar surface area (TPSA) is 84.5 Å². The summed E-state index contributed by atoms with van der Waals surface area (Å²) in [7, 11) is 0. The molecule has 0 aliphatic carbocycles. The molecule has 0 saturated heterocycles. The molecule has 3 rings (SSSR count). The molecule has 6 nitrogen and oxygen atoms in total. The van der Waals surface area contributed by atoms with E-state index in [4.69, 9.17) is 4.74 Å². The number of carbonyl (C=O) groups excluding carboxylic acids is 3. The Labute approximate surface area is 200 Å². The molecule has 0 bridgehead atoms. The van der Waals surface area contributed by atoms with Gasteiger partial charge in [-0.3, -0.25) is 9.59 Å². The van der Waals surface area contributed by atoms with Gasteiger partial charge in [-0.15, -0.1) is 0 Å². The summed E-state index contributed by atoms with van der Waals surface area (Å²) in [4.78, 5) is 38.9. The van der Waals surface area contributed by atoms with Crippen LogP contribution in [0, 0.1) is 5.92 Å². The molecule has 0 aromatic heterocycles. The number of hydrogen-bond acceptors (Lipinski definition) is 4. The second kappa shape index (κ2) is 12.0. The SMILES string of the molecule is CCCOC(=O)C(Cc1ccccc1)NC(=O)C(NC(=O)c1ccc2ccccc2c1)C(C)C. The lowest BCUT2D eigenvalue weighted by Crippen LogP contribution is -2.54. The molecule has 0 fully saturated rings. The van der Waals surface area contributed by atoms with Crippen molar-refractivity contribution in [2.75, 3.05) is 6.61 Å². The fraction of sp³-hybridized carbons (Fsp3) is 0.321. The Morgan fingerprint density at radius 2 is 1.53 bits per heavy atom. The van der Waals surface area contributed by atoms with E-state index >= 15 is 0 Å². The van der Waals surface area contributed by atoms with Crippen LogP contribution in [0.3, 0.4) is 0 Å². The lowest BCUT2D eigenvalue weighted by molar-refractivity contribution is -0.148. The number of esters is 1. The minimum absolute atomic E-state index is 0.187. The second-order valence-corrected chi connectivity index (χ2v) is 8.68. The monoisotopic (exact) mass is 460 g/mol. The van der Waals surface area contributed by atoms with Gasteiger partial charge in [0, 0.05) is 12.0 Å². The zero-order valence-electron chi connectivity index (χ0n) is 19.9. The normalized spacial score (nSPS) is 12.7.